The number of fused-ring (bicyclic) bond motifs is 1. The van der Waals surface area contributed by atoms with E-state index in [1.165, 1.54) is 34.4 Å². The van der Waals surface area contributed by atoms with Gasteiger partial charge in [0.15, 0.2) is 4.34 Å². The number of thiazole rings is 1. The lowest BCUT2D eigenvalue weighted by Crippen LogP contribution is -2.46. The van der Waals surface area contributed by atoms with Gasteiger partial charge in [0.1, 0.15) is 4.88 Å². The molecule has 1 saturated heterocycles. The summed E-state index contributed by atoms with van der Waals surface area (Å²) in [4.78, 5) is 25.9. The van der Waals surface area contributed by atoms with Crippen molar-refractivity contribution in [2.45, 2.75) is 35.4 Å². The molecule has 7 nitrogen and oxygen atoms in total. The van der Waals surface area contributed by atoms with Crippen molar-refractivity contribution in [3.8, 4) is 6.07 Å². The topological polar surface area (TPSA) is 102 Å². The van der Waals surface area contributed by atoms with E-state index in [4.69, 9.17) is 5.73 Å². The Morgan fingerprint density at radius 2 is 1.95 bits per heavy atom. The number of unbranched alkanes of at least 4 members (excludes halogenated alkanes) is 1. The predicted molar refractivity (Wildman–Crippen MR) is 151 cm³/mol. The third-order valence-corrected chi connectivity index (χ3v) is 9.09. The fourth-order valence-corrected chi connectivity index (χ4v) is 6.82. The summed E-state index contributed by atoms with van der Waals surface area (Å²) < 4.78 is 0.837. The van der Waals surface area contributed by atoms with E-state index in [1.54, 1.807) is 11.8 Å². The highest BCUT2D eigenvalue weighted by Crippen LogP contribution is 2.34. The molecule has 3 N–H and O–H groups in total. The van der Waals surface area contributed by atoms with Crippen LogP contribution in [0.25, 0.3) is 10.9 Å². The molecule has 0 spiro atoms. The molecule has 1 fully saturated rings. The predicted octanol–water partition coefficient (Wildman–Crippen LogP) is 5.20. The summed E-state index contributed by atoms with van der Waals surface area (Å²) in [6, 6.07) is 16.7. The molecule has 2 aromatic carbocycles. The first kappa shape index (κ1) is 25.3. The number of H-pyrrole nitrogens is 1. The summed E-state index contributed by atoms with van der Waals surface area (Å²) in [6.45, 7) is 7.14. The van der Waals surface area contributed by atoms with Crippen molar-refractivity contribution in [1.82, 2.24) is 14.9 Å². The Balaban J connectivity index is 1.06. The van der Waals surface area contributed by atoms with Crippen LogP contribution in [-0.4, -0.2) is 53.5 Å². The monoisotopic (exact) mass is 530 g/mol. The summed E-state index contributed by atoms with van der Waals surface area (Å²) in [5.41, 5.74) is 10.5. The van der Waals surface area contributed by atoms with Gasteiger partial charge in [-0.15, -0.1) is 11.3 Å². The number of rotatable bonds is 9. The zero-order chi connectivity index (χ0) is 25.8. The maximum absolute atomic E-state index is 11.5. The fourth-order valence-electron chi connectivity index (χ4n) is 4.81. The molecule has 1 aliphatic heterocycles. The van der Waals surface area contributed by atoms with Gasteiger partial charge >= 0.3 is 0 Å². The van der Waals surface area contributed by atoms with Gasteiger partial charge in [0.05, 0.1) is 17.3 Å². The number of hydrogen-bond acceptors (Lipinski definition) is 7. The van der Waals surface area contributed by atoms with Crippen molar-refractivity contribution in [3.05, 3.63) is 70.4 Å². The summed E-state index contributed by atoms with van der Waals surface area (Å²) in [5, 5.41) is 10.4. The second-order valence-electron chi connectivity index (χ2n) is 9.33. The van der Waals surface area contributed by atoms with Crippen molar-refractivity contribution in [1.29, 1.82) is 5.26 Å². The molecule has 3 heterocycles. The number of hydrogen-bond donors (Lipinski definition) is 2. The van der Waals surface area contributed by atoms with Crippen molar-refractivity contribution >= 4 is 45.6 Å². The molecule has 9 heteroatoms. The van der Waals surface area contributed by atoms with E-state index in [1.807, 2.05) is 25.1 Å². The summed E-state index contributed by atoms with van der Waals surface area (Å²) >= 11 is 2.92. The van der Waals surface area contributed by atoms with E-state index in [2.05, 4.69) is 56.3 Å². The number of aromatic amines is 1. The minimum atomic E-state index is -0.416. The van der Waals surface area contributed by atoms with Gasteiger partial charge in [-0.2, -0.15) is 5.26 Å². The molecule has 1 aliphatic rings. The molecule has 0 aliphatic carbocycles. The molecule has 0 radical (unpaired) electrons. The van der Waals surface area contributed by atoms with Crippen LogP contribution in [-0.2, 0) is 6.42 Å². The van der Waals surface area contributed by atoms with Crippen molar-refractivity contribution in [3.63, 3.8) is 0 Å². The minimum Gasteiger partial charge on any atom is -0.369 e. The molecule has 0 bridgehead atoms. The van der Waals surface area contributed by atoms with Crippen molar-refractivity contribution in [2.24, 2.45) is 5.73 Å². The lowest BCUT2D eigenvalue weighted by atomic mass is 10.1. The van der Waals surface area contributed by atoms with Gasteiger partial charge in [0, 0.05) is 53.9 Å². The molecule has 0 atom stereocenters. The van der Waals surface area contributed by atoms with E-state index >= 15 is 0 Å². The van der Waals surface area contributed by atoms with Gasteiger partial charge in [-0.25, -0.2) is 4.98 Å². The summed E-state index contributed by atoms with van der Waals surface area (Å²) in [5.74, 6) is -0.416. The van der Waals surface area contributed by atoms with Gasteiger partial charge in [-0.1, -0.05) is 11.8 Å². The number of piperazine rings is 1. The Labute approximate surface area is 225 Å². The number of primary amides is 1. The third-order valence-electron chi connectivity index (χ3n) is 6.85. The van der Waals surface area contributed by atoms with Crippen LogP contribution < -0.4 is 10.6 Å². The average Bonchev–Trinajstić information content (AvgIpc) is 3.49. The van der Waals surface area contributed by atoms with E-state index in [0.29, 0.717) is 16.1 Å². The highest BCUT2D eigenvalue weighted by molar-refractivity contribution is 8.01. The Hall–Kier alpha value is -3.32. The number of anilines is 1. The number of benzene rings is 2. The molecule has 1 amide bonds. The van der Waals surface area contributed by atoms with E-state index in [0.717, 1.165) is 60.3 Å². The van der Waals surface area contributed by atoms with Crippen LogP contribution in [0.4, 0.5) is 5.69 Å². The summed E-state index contributed by atoms with van der Waals surface area (Å²) in [6.07, 6.45) is 5.43. The maximum atomic E-state index is 11.5. The molecule has 0 unspecified atom stereocenters. The number of carbonyl (C=O) groups is 1. The van der Waals surface area contributed by atoms with Gasteiger partial charge in [0.25, 0.3) is 5.91 Å². The van der Waals surface area contributed by atoms with Gasteiger partial charge in [-0.05, 0) is 80.8 Å². The second kappa shape index (κ2) is 11.4. The standard InChI is InChI=1S/C28H30N6OS2/c1-19-26(27(30)35)37-28(32-19)36-23-8-6-22(7-9-23)34-14-12-33(13-15-34)11-3-2-4-21-18-31-25-10-5-20(17-29)16-24(21)25/h5-10,16,18,31H,2-4,11-15H2,1H3,(H2,30,35). The van der Waals surface area contributed by atoms with E-state index in [9.17, 15) is 10.1 Å². The molecule has 0 saturated carbocycles. The van der Waals surface area contributed by atoms with Gasteiger partial charge in [-0.3, -0.25) is 9.69 Å². The SMILES string of the molecule is Cc1nc(Sc2ccc(N3CCN(CCCCc4c[nH]c5ccc(C#N)cc45)CC3)cc2)sc1C(N)=O. The number of carbonyl (C=O) groups excluding carboxylic acids is 1. The molecule has 5 rings (SSSR count). The van der Waals surface area contributed by atoms with Crippen LogP contribution in [0.15, 0.2) is 57.9 Å². The van der Waals surface area contributed by atoms with Gasteiger partial charge in [0.2, 0.25) is 0 Å². The largest absolute Gasteiger partial charge is 0.369 e. The first-order valence-corrected chi connectivity index (χ1v) is 14.2. The number of aromatic nitrogens is 2. The highest BCUT2D eigenvalue weighted by atomic mass is 32.2. The first-order valence-electron chi connectivity index (χ1n) is 12.5. The van der Waals surface area contributed by atoms with Crippen LogP contribution >= 0.6 is 23.1 Å². The maximum Gasteiger partial charge on any atom is 0.260 e. The molecular weight excluding hydrogens is 500 g/mol. The number of nitriles is 1. The first-order chi connectivity index (χ1) is 18.0. The van der Waals surface area contributed by atoms with Crippen LogP contribution in [0.3, 0.4) is 0 Å². The fraction of sp³-hybridized carbons (Fsp3) is 0.321. The Morgan fingerprint density at radius 1 is 1.16 bits per heavy atom. The van der Waals surface area contributed by atoms with Crippen LogP contribution in [0.5, 0.6) is 0 Å². The molecular formula is C28H30N6OS2. The van der Waals surface area contributed by atoms with Crippen LogP contribution in [0.1, 0.15) is 39.3 Å². The molecule has 190 valence electrons. The number of nitrogens with zero attached hydrogens (tertiary/aromatic N) is 4. The number of aryl methyl sites for hydroxylation is 2. The van der Waals surface area contributed by atoms with Crippen LogP contribution in [0, 0.1) is 18.3 Å². The highest BCUT2D eigenvalue weighted by Gasteiger charge is 2.18. The molecule has 4 aromatic rings. The van der Waals surface area contributed by atoms with E-state index < -0.39 is 5.91 Å². The Bertz CT molecular complexity index is 1430. The lowest BCUT2D eigenvalue weighted by molar-refractivity contribution is 0.100. The molecule has 2 aromatic heterocycles. The lowest BCUT2D eigenvalue weighted by Gasteiger charge is -2.36. The van der Waals surface area contributed by atoms with Crippen molar-refractivity contribution in [2.75, 3.05) is 37.6 Å². The Morgan fingerprint density at radius 3 is 2.65 bits per heavy atom. The molecule has 37 heavy (non-hydrogen) atoms. The minimum absolute atomic E-state index is 0.416. The second-order valence-corrected chi connectivity index (χ2v) is 11.6. The number of nitrogens with one attached hydrogen (secondary N) is 1. The van der Waals surface area contributed by atoms with Crippen LogP contribution in [0.2, 0.25) is 0 Å². The Kier molecular flexibility index (Phi) is 7.79. The normalized spacial score (nSPS) is 14.2. The van der Waals surface area contributed by atoms with Crippen molar-refractivity contribution < 1.29 is 4.79 Å². The van der Waals surface area contributed by atoms with E-state index in [-0.39, 0.29) is 0 Å². The number of nitrogens with two attached hydrogens (primary N) is 1. The quantitative estimate of drug-likeness (QED) is 0.289. The zero-order valence-electron chi connectivity index (χ0n) is 20.9. The average molecular weight is 531 g/mol. The smallest absolute Gasteiger partial charge is 0.260 e. The van der Waals surface area contributed by atoms with Gasteiger partial charge < -0.3 is 15.6 Å². The third kappa shape index (κ3) is 5.99. The zero-order valence-corrected chi connectivity index (χ0v) is 22.5. The summed E-state index contributed by atoms with van der Waals surface area (Å²) in [7, 11) is 0. The number of amides is 1.